The fourth-order valence-corrected chi connectivity index (χ4v) is 2.74. The summed E-state index contributed by atoms with van der Waals surface area (Å²) in [6, 6.07) is 7.47. The number of rotatable bonds is 5. The minimum absolute atomic E-state index is 0.000535. The monoisotopic (exact) mass is 346 g/mol. The van der Waals surface area contributed by atoms with Gasteiger partial charge >= 0.3 is 5.69 Å². The van der Waals surface area contributed by atoms with E-state index in [0.29, 0.717) is 0 Å². The largest absolute Gasteiger partial charge is 0.350 e. The third-order valence-electron chi connectivity index (χ3n) is 3.92. The maximum atomic E-state index is 12.3. The predicted molar refractivity (Wildman–Crippen MR) is 97.3 cm³/mol. The molecule has 2 rings (SSSR count). The Hall–Kier alpha value is -2.57. The Morgan fingerprint density at radius 1 is 1.16 bits per heavy atom. The van der Waals surface area contributed by atoms with Crippen LogP contribution in [0.3, 0.4) is 0 Å². The highest BCUT2D eigenvalue weighted by atomic mass is 16.2. The number of aromatic nitrogens is 2. The molecule has 2 aromatic rings. The summed E-state index contributed by atoms with van der Waals surface area (Å²) in [5, 5.41) is 2.82. The number of amides is 2. The number of para-hydroxylation sites is 2. The molecule has 1 heterocycles. The van der Waals surface area contributed by atoms with Crippen molar-refractivity contribution in [1.82, 2.24) is 19.4 Å². The molecule has 0 fully saturated rings. The third-order valence-corrected chi connectivity index (χ3v) is 3.92. The molecule has 1 aromatic carbocycles. The quantitative estimate of drug-likeness (QED) is 0.881. The van der Waals surface area contributed by atoms with Gasteiger partial charge in [0.15, 0.2) is 0 Å². The molecule has 25 heavy (non-hydrogen) atoms. The van der Waals surface area contributed by atoms with Crippen LogP contribution in [0.25, 0.3) is 11.0 Å². The van der Waals surface area contributed by atoms with Crippen LogP contribution >= 0.6 is 0 Å². The summed E-state index contributed by atoms with van der Waals surface area (Å²) >= 11 is 0. The van der Waals surface area contributed by atoms with Crippen LogP contribution in [0.1, 0.15) is 27.2 Å². The number of aryl methyl sites for hydroxylation is 2. The number of benzene rings is 1. The van der Waals surface area contributed by atoms with Gasteiger partial charge in [-0.1, -0.05) is 12.1 Å². The fourth-order valence-electron chi connectivity index (χ4n) is 2.74. The van der Waals surface area contributed by atoms with Gasteiger partial charge in [0.05, 0.1) is 17.6 Å². The van der Waals surface area contributed by atoms with Gasteiger partial charge in [0.1, 0.15) is 0 Å². The highest BCUT2D eigenvalue weighted by Gasteiger charge is 2.18. The first-order valence-corrected chi connectivity index (χ1v) is 8.29. The standard InChI is InChI=1S/C18H26N4O3/c1-18(2,3)19-15(23)12-20(4)16(24)10-11-22-14-9-7-6-8-13(14)21(5)17(22)25/h6-9H,10-12H2,1-5H3,(H,19,23). The average molecular weight is 346 g/mol. The summed E-state index contributed by atoms with van der Waals surface area (Å²) < 4.78 is 3.16. The number of nitrogens with one attached hydrogen (secondary N) is 1. The molecular weight excluding hydrogens is 320 g/mol. The maximum Gasteiger partial charge on any atom is 0.328 e. The number of hydrogen-bond donors (Lipinski definition) is 1. The molecule has 0 aliphatic carbocycles. The van der Waals surface area contributed by atoms with Crippen molar-refractivity contribution in [1.29, 1.82) is 0 Å². The molecule has 2 amide bonds. The Bertz CT molecular complexity index is 842. The zero-order valence-electron chi connectivity index (χ0n) is 15.5. The van der Waals surface area contributed by atoms with Crippen LogP contribution in [0, 0.1) is 0 Å². The van der Waals surface area contributed by atoms with Crippen molar-refractivity contribution < 1.29 is 9.59 Å². The number of hydrogen-bond acceptors (Lipinski definition) is 3. The van der Waals surface area contributed by atoms with E-state index in [2.05, 4.69) is 5.32 Å². The Morgan fingerprint density at radius 3 is 2.36 bits per heavy atom. The van der Waals surface area contributed by atoms with Crippen LogP contribution in [0.5, 0.6) is 0 Å². The molecule has 0 saturated heterocycles. The third kappa shape index (κ3) is 4.49. The second-order valence-corrected chi connectivity index (χ2v) is 7.28. The highest BCUT2D eigenvalue weighted by Crippen LogP contribution is 2.12. The summed E-state index contributed by atoms with van der Waals surface area (Å²) in [5.74, 6) is -0.380. The average Bonchev–Trinajstić information content (AvgIpc) is 2.75. The van der Waals surface area contributed by atoms with E-state index < -0.39 is 0 Å². The Labute approximate surface area is 147 Å². The molecule has 0 unspecified atom stereocenters. The molecule has 1 aromatic heterocycles. The summed E-state index contributed by atoms with van der Waals surface area (Å²) in [5.41, 5.74) is 1.15. The number of carbonyl (C=O) groups is 2. The number of imidazole rings is 1. The zero-order valence-corrected chi connectivity index (χ0v) is 15.5. The summed E-state index contributed by atoms with van der Waals surface area (Å²) in [4.78, 5) is 37.9. The van der Waals surface area contributed by atoms with Crippen molar-refractivity contribution in [3.8, 4) is 0 Å². The Kier molecular flexibility index (Phi) is 5.35. The molecule has 136 valence electrons. The van der Waals surface area contributed by atoms with Crippen molar-refractivity contribution in [2.24, 2.45) is 7.05 Å². The van der Waals surface area contributed by atoms with Crippen LogP contribution < -0.4 is 11.0 Å². The van der Waals surface area contributed by atoms with Crippen molar-refractivity contribution in [2.75, 3.05) is 13.6 Å². The second-order valence-electron chi connectivity index (χ2n) is 7.28. The molecular formula is C18H26N4O3. The van der Waals surface area contributed by atoms with Gasteiger partial charge in [-0.25, -0.2) is 4.79 Å². The summed E-state index contributed by atoms with van der Waals surface area (Å²) in [6.45, 7) is 5.95. The van der Waals surface area contributed by atoms with E-state index in [1.807, 2.05) is 45.0 Å². The van der Waals surface area contributed by atoms with Gasteiger partial charge in [0.25, 0.3) is 0 Å². The highest BCUT2D eigenvalue weighted by molar-refractivity contribution is 5.85. The van der Waals surface area contributed by atoms with E-state index >= 15 is 0 Å². The lowest BCUT2D eigenvalue weighted by Gasteiger charge is -2.23. The number of nitrogens with zero attached hydrogens (tertiary/aromatic N) is 3. The van der Waals surface area contributed by atoms with E-state index in [4.69, 9.17) is 0 Å². The van der Waals surface area contributed by atoms with Gasteiger partial charge in [-0.05, 0) is 32.9 Å². The molecule has 0 aliphatic rings. The van der Waals surface area contributed by atoms with E-state index in [0.717, 1.165) is 11.0 Å². The van der Waals surface area contributed by atoms with Gasteiger partial charge in [0.2, 0.25) is 11.8 Å². The predicted octanol–water partition coefficient (Wildman–Crippen LogP) is 1.10. The van der Waals surface area contributed by atoms with E-state index in [-0.39, 0.29) is 42.6 Å². The molecule has 0 radical (unpaired) electrons. The lowest BCUT2D eigenvalue weighted by Crippen LogP contribution is -2.46. The molecule has 7 heteroatoms. The van der Waals surface area contributed by atoms with Crippen LogP contribution in [-0.2, 0) is 23.2 Å². The normalized spacial score (nSPS) is 11.6. The first kappa shape index (κ1) is 18.8. The summed E-state index contributed by atoms with van der Waals surface area (Å²) in [7, 11) is 3.31. The smallest absolute Gasteiger partial charge is 0.328 e. The number of likely N-dealkylation sites (N-methyl/N-ethyl adjacent to an activating group) is 1. The van der Waals surface area contributed by atoms with Crippen molar-refractivity contribution in [2.45, 2.75) is 39.3 Å². The zero-order chi connectivity index (χ0) is 18.8. The van der Waals surface area contributed by atoms with Crippen LogP contribution in [0.15, 0.2) is 29.1 Å². The topological polar surface area (TPSA) is 76.3 Å². The SMILES string of the molecule is CN(CC(=O)NC(C)(C)C)C(=O)CCn1c(=O)n(C)c2ccccc21. The molecule has 0 saturated carbocycles. The van der Waals surface area contributed by atoms with Crippen molar-refractivity contribution >= 4 is 22.8 Å². The van der Waals surface area contributed by atoms with Crippen molar-refractivity contribution in [3.63, 3.8) is 0 Å². The van der Waals surface area contributed by atoms with Gasteiger partial charge in [-0.2, -0.15) is 0 Å². The summed E-state index contributed by atoms with van der Waals surface area (Å²) in [6.07, 6.45) is 0.160. The van der Waals surface area contributed by atoms with Gasteiger partial charge < -0.3 is 10.2 Å². The fraction of sp³-hybridized carbons (Fsp3) is 0.500. The lowest BCUT2D eigenvalue weighted by atomic mass is 10.1. The minimum atomic E-state index is -0.336. The van der Waals surface area contributed by atoms with Crippen molar-refractivity contribution in [3.05, 3.63) is 34.7 Å². The first-order valence-electron chi connectivity index (χ1n) is 8.29. The Morgan fingerprint density at radius 2 is 1.76 bits per heavy atom. The van der Waals surface area contributed by atoms with E-state index in [1.54, 1.807) is 23.2 Å². The Balaban J connectivity index is 2.02. The second kappa shape index (κ2) is 7.13. The minimum Gasteiger partial charge on any atom is -0.350 e. The molecule has 0 bridgehead atoms. The van der Waals surface area contributed by atoms with Gasteiger partial charge in [0, 0.05) is 32.6 Å². The lowest BCUT2D eigenvalue weighted by molar-refractivity contribution is -0.135. The van der Waals surface area contributed by atoms with Crippen LogP contribution in [-0.4, -0.2) is 45.0 Å². The first-order chi connectivity index (χ1) is 11.6. The van der Waals surface area contributed by atoms with E-state index in [9.17, 15) is 14.4 Å². The molecule has 0 aliphatic heterocycles. The molecule has 1 N–H and O–H groups in total. The number of carbonyl (C=O) groups excluding carboxylic acids is 2. The van der Waals surface area contributed by atoms with E-state index in [1.165, 1.54) is 4.90 Å². The molecule has 0 spiro atoms. The van der Waals surface area contributed by atoms with Crippen LogP contribution in [0.4, 0.5) is 0 Å². The number of fused-ring (bicyclic) bond motifs is 1. The molecule has 0 atom stereocenters. The van der Waals surface area contributed by atoms with Crippen LogP contribution in [0.2, 0.25) is 0 Å². The van der Waals surface area contributed by atoms with Gasteiger partial charge in [-0.15, -0.1) is 0 Å². The maximum absolute atomic E-state index is 12.3. The van der Waals surface area contributed by atoms with Gasteiger partial charge in [-0.3, -0.25) is 18.7 Å². The molecule has 7 nitrogen and oxygen atoms in total.